The number of aliphatic hydroxyl groups excluding tert-OH is 1. The van der Waals surface area contributed by atoms with Gasteiger partial charge in [-0.1, -0.05) is 42.1 Å². The van der Waals surface area contributed by atoms with E-state index in [1.807, 2.05) is 53.4 Å². The first kappa shape index (κ1) is 22.2. The fourth-order valence-electron chi connectivity index (χ4n) is 3.63. The average molecular weight is 448 g/mol. The molecule has 9 nitrogen and oxygen atoms in total. The summed E-state index contributed by atoms with van der Waals surface area (Å²) in [7, 11) is 0. The second-order valence-corrected chi connectivity index (χ2v) is 8.37. The predicted molar refractivity (Wildman–Crippen MR) is 114 cm³/mol. The van der Waals surface area contributed by atoms with Crippen molar-refractivity contribution in [2.45, 2.75) is 21.7 Å². The number of ether oxygens (including phenoxy) is 1. The lowest BCUT2D eigenvalue weighted by molar-refractivity contribution is -0.497. The van der Waals surface area contributed by atoms with Crippen LogP contribution in [0.4, 0.5) is 5.69 Å². The molecular weight excluding hydrogens is 422 g/mol. The van der Waals surface area contributed by atoms with E-state index in [1.165, 1.54) is 0 Å². The summed E-state index contributed by atoms with van der Waals surface area (Å²) < 4.78 is 4.62. The van der Waals surface area contributed by atoms with Crippen LogP contribution in [0.15, 0.2) is 63.3 Å². The van der Waals surface area contributed by atoms with E-state index < -0.39 is 25.1 Å². The van der Waals surface area contributed by atoms with Gasteiger partial charge in [-0.3, -0.25) is 0 Å². The molecule has 166 valence electrons. The summed E-state index contributed by atoms with van der Waals surface area (Å²) in [5, 5.41) is 49.4. The van der Waals surface area contributed by atoms with Crippen molar-refractivity contribution in [1.82, 2.24) is 9.80 Å². The molecule has 2 aromatic carbocycles. The predicted octanol–water partition coefficient (Wildman–Crippen LogP) is 0.133. The van der Waals surface area contributed by atoms with Crippen molar-refractivity contribution in [2.75, 3.05) is 39.4 Å². The lowest BCUT2D eigenvalue weighted by Gasteiger charge is -2.45. The lowest BCUT2D eigenvalue weighted by atomic mass is 10.1. The summed E-state index contributed by atoms with van der Waals surface area (Å²) in [6.07, 6.45) is 0. The zero-order chi connectivity index (χ0) is 22.1. The van der Waals surface area contributed by atoms with Gasteiger partial charge in [0.1, 0.15) is 5.84 Å². The number of aliphatic imine (C=N–C) groups is 1. The standard InChI is InChI=1S/C21H25N3O6S/c25-13-14-30-21(28,29)20(26,27)24-11-9-23(10-12-24)19-15-5-1-3-7-17(15)31-18-8-4-2-6-16(18)22-19/h1-8,25-29H,9-14H2. The largest absolute Gasteiger partial charge is 0.394 e. The molecule has 10 heteroatoms. The average Bonchev–Trinajstić information content (AvgIpc) is 2.94. The quantitative estimate of drug-likeness (QED) is 0.406. The molecule has 0 aromatic heterocycles. The van der Waals surface area contributed by atoms with Gasteiger partial charge in [0, 0.05) is 41.5 Å². The van der Waals surface area contributed by atoms with Crippen molar-refractivity contribution in [3.63, 3.8) is 0 Å². The van der Waals surface area contributed by atoms with Crippen molar-refractivity contribution >= 4 is 23.3 Å². The third kappa shape index (κ3) is 4.34. The highest BCUT2D eigenvalue weighted by atomic mass is 32.2. The van der Waals surface area contributed by atoms with Gasteiger partial charge in [-0.2, -0.15) is 0 Å². The van der Waals surface area contributed by atoms with Gasteiger partial charge in [-0.05, 0) is 18.2 Å². The van der Waals surface area contributed by atoms with E-state index in [2.05, 4.69) is 4.74 Å². The Morgan fingerprint density at radius 1 is 0.903 bits per heavy atom. The van der Waals surface area contributed by atoms with E-state index >= 15 is 0 Å². The minimum absolute atomic E-state index is 0.119. The van der Waals surface area contributed by atoms with Crippen LogP contribution in [0.5, 0.6) is 0 Å². The number of aliphatic hydroxyl groups is 5. The van der Waals surface area contributed by atoms with E-state index in [0.717, 1.165) is 31.8 Å². The Hall–Kier alpha value is -2.02. The molecule has 31 heavy (non-hydrogen) atoms. The molecule has 0 aliphatic carbocycles. The number of amidine groups is 1. The molecule has 2 aliphatic rings. The summed E-state index contributed by atoms with van der Waals surface area (Å²) in [6.45, 7) is 0.0342. The van der Waals surface area contributed by atoms with Gasteiger partial charge in [0.2, 0.25) is 0 Å². The molecule has 4 rings (SSSR count). The minimum atomic E-state index is -3.25. The highest BCUT2D eigenvalue weighted by molar-refractivity contribution is 7.99. The maximum atomic E-state index is 10.3. The number of hydrogen-bond donors (Lipinski definition) is 5. The number of para-hydroxylation sites is 1. The maximum Gasteiger partial charge on any atom is 0.351 e. The van der Waals surface area contributed by atoms with Gasteiger partial charge >= 0.3 is 11.9 Å². The Morgan fingerprint density at radius 3 is 2.26 bits per heavy atom. The second kappa shape index (κ2) is 8.85. The van der Waals surface area contributed by atoms with Crippen molar-refractivity contribution in [3.8, 4) is 0 Å². The molecule has 0 bridgehead atoms. The van der Waals surface area contributed by atoms with Crippen molar-refractivity contribution in [3.05, 3.63) is 54.1 Å². The smallest absolute Gasteiger partial charge is 0.351 e. The molecule has 0 saturated carbocycles. The molecule has 0 atom stereocenters. The number of piperazine rings is 1. The van der Waals surface area contributed by atoms with Crippen molar-refractivity contribution in [2.24, 2.45) is 4.99 Å². The van der Waals surface area contributed by atoms with Gasteiger partial charge in [0.25, 0.3) is 0 Å². The van der Waals surface area contributed by atoms with Crippen LogP contribution in [0, 0.1) is 0 Å². The molecule has 0 radical (unpaired) electrons. The summed E-state index contributed by atoms with van der Waals surface area (Å²) >= 11 is 1.65. The monoisotopic (exact) mass is 447 g/mol. The van der Waals surface area contributed by atoms with Gasteiger partial charge in [0.15, 0.2) is 0 Å². The molecule has 2 aromatic rings. The molecule has 2 heterocycles. The normalized spacial score (nSPS) is 17.6. The third-order valence-corrected chi connectivity index (χ3v) is 6.43. The molecule has 0 spiro atoms. The summed E-state index contributed by atoms with van der Waals surface area (Å²) in [4.78, 5) is 10.2. The van der Waals surface area contributed by atoms with Crippen molar-refractivity contribution < 1.29 is 30.3 Å². The Bertz CT molecular complexity index is 960. The minimum Gasteiger partial charge on any atom is -0.394 e. The van der Waals surface area contributed by atoms with Gasteiger partial charge in [-0.25, -0.2) is 9.89 Å². The lowest BCUT2D eigenvalue weighted by Crippen LogP contribution is -2.69. The van der Waals surface area contributed by atoms with Gasteiger partial charge in [-0.15, -0.1) is 0 Å². The summed E-state index contributed by atoms with van der Waals surface area (Å²) in [6, 6.07) is 15.9. The van der Waals surface area contributed by atoms with E-state index in [-0.39, 0.29) is 13.1 Å². The van der Waals surface area contributed by atoms with Crippen LogP contribution >= 0.6 is 11.8 Å². The van der Waals surface area contributed by atoms with Crippen LogP contribution in [-0.2, 0) is 4.74 Å². The number of fused-ring (bicyclic) bond motifs is 2. The molecule has 0 amide bonds. The number of hydrogen-bond acceptors (Lipinski definition) is 10. The molecule has 5 N–H and O–H groups in total. The van der Waals surface area contributed by atoms with E-state index in [1.54, 1.807) is 11.8 Å². The first-order valence-electron chi connectivity index (χ1n) is 9.93. The number of nitrogens with zero attached hydrogens (tertiary/aromatic N) is 3. The Morgan fingerprint density at radius 2 is 1.55 bits per heavy atom. The first-order valence-corrected chi connectivity index (χ1v) is 10.7. The summed E-state index contributed by atoms with van der Waals surface area (Å²) in [5.74, 6) is -5.51. The fourth-order valence-corrected chi connectivity index (χ4v) is 4.65. The summed E-state index contributed by atoms with van der Waals surface area (Å²) in [5.41, 5.74) is 1.85. The topological polar surface area (TPSA) is 129 Å². The maximum absolute atomic E-state index is 10.3. The molecule has 0 unspecified atom stereocenters. The first-order chi connectivity index (χ1) is 14.8. The van der Waals surface area contributed by atoms with Gasteiger partial charge < -0.3 is 35.2 Å². The fraction of sp³-hybridized carbons (Fsp3) is 0.381. The van der Waals surface area contributed by atoms with Crippen LogP contribution in [0.3, 0.4) is 0 Å². The number of benzene rings is 2. The molecule has 1 fully saturated rings. The van der Waals surface area contributed by atoms with E-state index in [4.69, 9.17) is 10.1 Å². The van der Waals surface area contributed by atoms with Crippen molar-refractivity contribution in [1.29, 1.82) is 0 Å². The number of rotatable bonds is 5. The van der Waals surface area contributed by atoms with E-state index in [0.29, 0.717) is 13.1 Å². The van der Waals surface area contributed by atoms with Crippen LogP contribution < -0.4 is 0 Å². The zero-order valence-electron chi connectivity index (χ0n) is 16.8. The van der Waals surface area contributed by atoms with Crippen LogP contribution in [0.1, 0.15) is 5.56 Å². The van der Waals surface area contributed by atoms with Crippen LogP contribution in [-0.4, -0.2) is 92.4 Å². The molecule has 1 saturated heterocycles. The zero-order valence-corrected chi connectivity index (χ0v) is 17.6. The third-order valence-electron chi connectivity index (χ3n) is 5.29. The van der Waals surface area contributed by atoms with Crippen LogP contribution in [0.2, 0.25) is 0 Å². The Kier molecular flexibility index (Phi) is 6.33. The second-order valence-electron chi connectivity index (χ2n) is 7.29. The highest BCUT2D eigenvalue weighted by Gasteiger charge is 2.54. The highest BCUT2D eigenvalue weighted by Crippen LogP contribution is 2.40. The van der Waals surface area contributed by atoms with Crippen LogP contribution in [0.25, 0.3) is 0 Å². The Balaban J connectivity index is 1.56. The van der Waals surface area contributed by atoms with E-state index in [9.17, 15) is 20.4 Å². The molecule has 2 aliphatic heterocycles. The SMILES string of the molecule is OCCOC(O)(O)C(O)(O)N1CCN(C2=Nc3ccccc3Sc3ccccc32)CC1. The Labute approximate surface area is 183 Å². The molecular formula is C21H25N3O6S. The van der Waals surface area contributed by atoms with Gasteiger partial charge in [0.05, 0.1) is 18.9 Å².